The van der Waals surface area contributed by atoms with Gasteiger partial charge in [0.1, 0.15) is 0 Å². The summed E-state index contributed by atoms with van der Waals surface area (Å²) in [6.45, 7) is 6.81. The van der Waals surface area contributed by atoms with E-state index in [1.807, 2.05) is 20.8 Å². The Morgan fingerprint density at radius 2 is 1.54 bits per heavy atom. The molecule has 0 saturated carbocycles. The third kappa shape index (κ3) is 8.03. The van der Waals surface area contributed by atoms with Crippen molar-refractivity contribution in [1.29, 1.82) is 0 Å². The Hall–Kier alpha value is -1.15. The largest absolute Gasteiger partial charge is 0.394 e. The van der Waals surface area contributed by atoms with Gasteiger partial charge in [0.2, 0.25) is 0 Å². The zero-order valence-electron chi connectivity index (χ0n) is 16.3. The van der Waals surface area contributed by atoms with Gasteiger partial charge in [0.15, 0.2) is 17.3 Å². The zero-order chi connectivity index (χ0) is 19.5. The number of nitrogens with one attached hydrogen (secondary N) is 3. The van der Waals surface area contributed by atoms with E-state index in [9.17, 15) is 19.5 Å². The van der Waals surface area contributed by atoms with Crippen molar-refractivity contribution in [3.8, 4) is 0 Å². The summed E-state index contributed by atoms with van der Waals surface area (Å²) in [5, 5.41) is 18.7. The number of hydrogen-bond acceptors (Lipinski definition) is 7. The first kappa shape index (κ1) is 22.9. The predicted octanol–water partition coefficient (Wildman–Crippen LogP) is 0.201. The van der Waals surface area contributed by atoms with Crippen molar-refractivity contribution in [3.63, 3.8) is 0 Å². The molecule has 1 rings (SSSR count). The predicted molar refractivity (Wildman–Crippen MR) is 101 cm³/mol. The molecule has 1 fully saturated rings. The lowest BCUT2D eigenvalue weighted by molar-refractivity contribution is -0.130. The van der Waals surface area contributed by atoms with Crippen LogP contribution in [0.25, 0.3) is 0 Å². The highest BCUT2D eigenvalue weighted by Gasteiger charge is 2.27. The van der Waals surface area contributed by atoms with Crippen molar-refractivity contribution in [2.75, 3.05) is 26.2 Å². The van der Waals surface area contributed by atoms with Crippen LogP contribution >= 0.6 is 0 Å². The summed E-state index contributed by atoms with van der Waals surface area (Å²) in [5.74, 6) is -0.554. The van der Waals surface area contributed by atoms with Gasteiger partial charge in [0, 0.05) is 0 Å². The minimum atomic E-state index is -0.703. The third-order valence-electron chi connectivity index (χ3n) is 4.86. The Morgan fingerprint density at radius 3 is 2.12 bits per heavy atom. The molecule has 0 aromatic carbocycles. The molecule has 0 spiro atoms. The van der Waals surface area contributed by atoms with Gasteiger partial charge in [-0.2, -0.15) is 0 Å². The monoisotopic (exact) mass is 369 g/mol. The third-order valence-corrected chi connectivity index (χ3v) is 4.86. The van der Waals surface area contributed by atoms with E-state index in [0.717, 1.165) is 32.2 Å². The molecule has 4 N–H and O–H groups in total. The summed E-state index contributed by atoms with van der Waals surface area (Å²) in [4.78, 5) is 37.1. The molecule has 0 radical (unpaired) electrons. The number of carbonyl (C=O) groups is 3. The van der Waals surface area contributed by atoms with Crippen molar-refractivity contribution in [2.24, 2.45) is 5.92 Å². The molecular formula is C19H35N3O4. The highest BCUT2D eigenvalue weighted by Crippen LogP contribution is 2.08. The maximum absolute atomic E-state index is 12.5. The fourth-order valence-electron chi connectivity index (χ4n) is 3.08. The second-order valence-electron chi connectivity index (χ2n) is 7.46. The van der Waals surface area contributed by atoms with E-state index in [2.05, 4.69) is 16.0 Å². The fraction of sp³-hybridized carbons (Fsp3) is 0.842. The second kappa shape index (κ2) is 12.3. The number of rotatable bonds is 2. The van der Waals surface area contributed by atoms with E-state index < -0.39 is 12.1 Å². The molecular weight excluding hydrogens is 334 g/mol. The molecule has 0 aromatic heterocycles. The number of ketones is 3. The average molecular weight is 370 g/mol. The Labute approximate surface area is 156 Å². The van der Waals surface area contributed by atoms with Gasteiger partial charge in [0.05, 0.1) is 37.7 Å². The first-order valence-electron chi connectivity index (χ1n) is 9.76. The number of carbonyl (C=O) groups excluding carboxylic acids is 3. The molecule has 0 amide bonds. The lowest BCUT2D eigenvalue weighted by atomic mass is 9.94. The van der Waals surface area contributed by atoms with Gasteiger partial charge < -0.3 is 21.1 Å². The minimum Gasteiger partial charge on any atom is -0.394 e. The summed E-state index contributed by atoms with van der Waals surface area (Å²) in [7, 11) is 0. The van der Waals surface area contributed by atoms with Crippen LogP contribution in [0.5, 0.6) is 0 Å². The van der Waals surface area contributed by atoms with E-state index >= 15 is 0 Å². The van der Waals surface area contributed by atoms with Crippen molar-refractivity contribution >= 4 is 17.3 Å². The summed E-state index contributed by atoms with van der Waals surface area (Å²) in [5.41, 5.74) is 0. The first-order valence-corrected chi connectivity index (χ1v) is 9.76. The van der Waals surface area contributed by atoms with Crippen LogP contribution in [0, 0.1) is 5.92 Å². The molecule has 1 saturated heterocycles. The highest BCUT2D eigenvalue weighted by molar-refractivity contribution is 6.04. The van der Waals surface area contributed by atoms with Crippen LogP contribution in [0.15, 0.2) is 0 Å². The molecule has 150 valence electrons. The quantitative estimate of drug-likeness (QED) is 0.515. The Kier molecular flexibility index (Phi) is 10.8. The molecule has 1 heterocycles. The van der Waals surface area contributed by atoms with E-state index in [1.165, 1.54) is 0 Å². The van der Waals surface area contributed by atoms with E-state index in [0.29, 0.717) is 6.54 Å². The van der Waals surface area contributed by atoms with E-state index in [4.69, 9.17) is 0 Å². The van der Waals surface area contributed by atoms with Gasteiger partial charge in [0.25, 0.3) is 0 Å². The molecule has 1 aliphatic heterocycles. The van der Waals surface area contributed by atoms with E-state index in [-0.39, 0.29) is 48.9 Å². The molecule has 3 atom stereocenters. The first-order chi connectivity index (χ1) is 12.4. The lowest BCUT2D eigenvalue weighted by Crippen LogP contribution is -2.49. The van der Waals surface area contributed by atoms with Gasteiger partial charge >= 0.3 is 0 Å². The van der Waals surface area contributed by atoms with Crippen molar-refractivity contribution in [3.05, 3.63) is 0 Å². The Bertz CT molecular complexity index is 468. The highest BCUT2D eigenvalue weighted by atomic mass is 16.3. The lowest BCUT2D eigenvalue weighted by Gasteiger charge is -2.23. The summed E-state index contributed by atoms with van der Waals surface area (Å²) in [6.07, 6.45) is 3.71. The van der Waals surface area contributed by atoms with Gasteiger partial charge in [-0.25, -0.2) is 0 Å². The fourth-order valence-corrected chi connectivity index (χ4v) is 3.08. The molecule has 26 heavy (non-hydrogen) atoms. The van der Waals surface area contributed by atoms with Crippen molar-refractivity contribution in [1.82, 2.24) is 16.0 Å². The molecule has 0 aliphatic carbocycles. The number of aliphatic hydroxyl groups excluding tert-OH is 1. The van der Waals surface area contributed by atoms with Gasteiger partial charge in [-0.1, -0.05) is 26.7 Å². The van der Waals surface area contributed by atoms with Gasteiger partial charge in [-0.3, -0.25) is 14.4 Å². The van der Waals surface area contributed by atoms with Crippen molar-refractivity contribution in [2.45, 2.75) is 71.0 Å². The van der Waals surface area contributed by atoms with Gasteiger partial charge in [-0.05, 0) is 38.8 Å². The van der Waals surface area contributed by atoms with Crippen LogP contribution in [-0.4, -0.2) is 66.8 Å². The molecule has 1 aliphatic rings. The molecule has 0 aromatic rings. The maximum Gasteiger partial charge on any atom is 0.163 e. The maximum atomic E-state index is 12.5. The summed E-state index contributed by atoms with van der Waals surface area (Å²) >= 11 is 0. The Balaban J connectivity index is 2.80. The van der Waals surface area contributed by atoms with Crippen LogP contribution < -0.4 is 16.0 Å². The summed E-state index contributed by atoms with van der Waals surface area (Å²) < 4.78 is 0. The van der Waals surface area contributed by atoms with Crippen LogP contribution in [0.3, 0.4) is 0 Å². The minimum absolute atomic E-state index is 0.00833. The van der Waals surface area contributed by atoms with Crippen LogP contribution in [0.2, 0.25) is 0 Å². The summed E-state index contributed by atoms with van der Waals surface area (Å²) in [6, 6.07) is -1.51. The van der Waals surface area contributed by atoms with Gasteiger partial charge in [-0.15, -0.1) is 0 Å². The number of Topliss-reactive ketones (excluding diaryl/α,β-unsaturated/α-hetero) is 3. The SMILES string of the molecule is CC(C)[C@@H]1NCC(=O)[C@H](C)NCCCCCCN[C@@H](CO)C(=O)CC1=O. The Morgan fingerprint density at radius 1 is 0.923 bits per heavy atom. The molecule has 7 heteroatoms. The second-order valence-corrected chi connectivity index (χ2v) is 7.46. The number of hydrogen-bond donors (Lipinski definition) is 4. The van der Waals surface area contributed by atoms with Crippen LogP contribution in [0.4, 0.5) is 0 Å². The molecule has 7 nitrogen and oxygen atoms in total. The number of aliphatic hydroxyl groups is 1. The van der Waals surface area contributed by atoms with E-state index in [1.54, 1.807) is 0 Å². The average Bonchev–Trinajstić information content (AvgIpc) is 2.59. The normalized spacial score (nSPS) is 29.0. The van der Waals surface area contributed by atoms with Crippen molar-refractivity contribution < 1.29 is 19.5 Å². The standard InChI is InChI=1S/C19H35N3O4/c1-13(2)19-17(25)10-16(24)15(12-23)21-9-7-5-4-6-8-20-14(3)18(26)11-22-19/h13-15,19-23H,4-12H2,1-3H3/t14-,15-,19-/m0/s1. The van der Waals surface area contributed by atoms with Crippen LogP contribution in [-0.2, 0) is 14.4 Å². The molecule has 0 unspecified atom stereocenters. The van der Waals surface area contributed by atoms with Crippen LogP contribution in [0.1, 0.15) is 52.9 Å². The topological polar surface area (TPSA) is 108 Å². The smallest absolute Gasteiger partial charge is 0.163 e. The molecule has 0 bridgehead atoms. The zero-order valence-corrected chi connectivity index (χ0v) is 16.3.